The minimum atomic E-state index is -0.228. The molecule has 4 heteroatoms. The van der Waals surface area contributed by atoms with Crippen LogP contribution in [0.3, 0.4) is 0 Å². The van der Waals surface area contributed by atoms with Gasteiger partial charge in [-0.1, -0.05) is 0 Å². The number of aromatic nitrogens is 1. The molecule has 2 heterocycles. The molecule has 1 N–H and O–H groups in total. The molecule has 1 aliphatic heterocycles. The van der Waals surface area contributed by atoms with Crippen molar-refractivity contribution in [3.63, 3.8) is 0 Å². The van der Waals surface area contributed by atoms with Gasteiger partial charge in [-0.25, -0.2) is 4.39 Å². The summed E-state index contributed by atoms with van der Waals surface area (Å²) >= 11 is 0. The maximum Gasteiger partial charge on any atom is 0.127 e. The van der Waals surface area contributed by atoms with E-state index < -0.39 is 0 Å². The Balaban J connectivity index is 2.09. The molecule has 18 heavy (non-hydrogen) atoms. The zero-order valence-corrected chi connectivity index (χ0v) is 10.4. The molecule has 3 nitrogen and oxygen atoms in total. The lowest BCUT2D eigenvalue weighted by atomic mass is 10.1. The van der Waals surface area contributed by atoms with Crippen LogP contribution in [-0.2, 0) is 0 Å². The summed E-state index contributed by atoms with van der Waals surface area (Å²) in [7, 11) is 2.03. The van der Waals surface area contributed by atoms with Crippen LogP contribution in [-0.4, -0.2) is 31.2 Å². The maximum absolute atomic E-state index is 13.7. The Morgan fingerprint density at radius 2 is 2.33 bits per heavy atom. The molecule has 0 amide bonds. The van der Waals surface area contributed by atoms with Crippen LogP contribution >= 0.6 is 0 Å². The van der Waals surface area contributed by atoms with E-state index in [0.29, 0.717) is 11.6 Å². The summed E-state index contributed by atoms with van der Waals surface area (Å²) in [4.78, 5) is 6.39. The number of rotatable bonds is 2. The standard InChI is InChI=1S/C14H16FN3/c1-18(11-4-6-16-9-11)14-8-10(15)7-13-12(14)3-2-5-17-13/h2-3,5,7-8,11,16H,4,6,9H2,1H3/t11-/m0/s1. The summed E-state index contributed by atoms with van der Waals surface area (Å²) in [6.07, 6.45) is 2.79. The summed E-state index contributed by atoms with van der Waals surface area (Å²) in [5.74, 6) is -0.228. The lowest BCUT2D eigenvalue weighted by Gasteiger charge is -2.27. The Hall–Kier alpha value is -1.68. The van der Waals surface area contributed by atoms with E-state index in [0.717, 1.165) is 30.6 Å². The predicted octanol–water partition coefficient (Wildman–Crippen LogP) is 2.17. The largest absolute Gasteiger partial charge is 0.370 e. The van der Waals surface area contributed by atoms with Gasteiger partial charge in [0.2, 0.25) is 0 Å². The topological polar surface area (TPSA) is 28.2 Å². The fourth-order valence-electron chi connectivity index (χ4n) is 2.59. The van der Waals surface area contributed by atoms with Crippen molar-refractivity contribution in [1.29, 1.82) is 0 Å². The zero-order valence-electron chi connectivity index (χ0n) is 10.4. The van der Waals surface area contributed by atoms with E-state index in [1.54, 1.807) is 12.3 Å². The van der Waals surface area contributed by atoms with Crippen molar-refractivity contribution in [1.82, 2.24) is 10.3 Å². The van der Waals surface area contributed by atoms with Crippen molar-refractivity contribution < 1.29 is 4.39 Å². The maximum atomic E-state index is 13.7. The molecule has 0 aliphatic carbocycles. The molecular weight excluding hydrogens is 229 g/mol. The first-order valence-corrected chi connectivity index (χ1v) is 6.23. The van der Waals surface area contributed by atoms with Gasteiger partial charge >= 0.3 is 0 Å². The second kappa shape index (κ2) is 4.53. The first-order chi connectivity index (χ1) is 8.75. The van der Waals surface area contributed by atoms with Crippen molar-refractivity contribution in [3.05, 3.63) is 36.3 Å². The van der Waals surface area contributed by atoms with Crippen LogP contribution in [0.4, 0.5) is 10.1 Å². The molecule has 3 rings (SSSR count). The van der Waals surface area contributed by atoms with Crippen molar-refractivity contribution in [2.24, 2.45) is 0 Å². The highest BCUT2D eigenvalue weighted by molar-refractivity contribution is 5.91. The van der Waals surface area contributed by atoms with Crippen LogP contribution < -0.4 is 10.2 Å². The molecule has 0 bridgehead atoms. The molecular formula is C14H16FN3. The number of nitrogens with one attached hydrogen (secondary N) is 1. The highest BCUT2D eigenvalue weighted by Gasteiger charge is 2.21. The van der Waals surface area contributed by atoms with Crippen molar-refractivity contribution in [2.75, 3.05) is 25.0 Å². The van der Waals surface area contributed by atoms with E-state index in [1.807, 2.05) is 19.2 Å². The fourth-order valence-corrected chi connectivity index (χ4v) is 2.59. The van der Waals surface area contributed by atoms with Crippen LogP contribution in [0.25, 0.3) is 10.9 Å². The molecule has 0 spiro atoms. The number of hydrogen-bond acceptors (Lipinski definition) is 3. The van der Waals surface area contributed by atoms with Crippen LogP contribution in [0.15, 0.2) is 30.5 Å². The number of pyridine rings is 1. The molecule has 1 aromatic carbocycles. The van der Waals surface area contributed by atoms with Gasteiger partial charge in [-0.15, -0.1) is 0 Å². The minimum Gasteiger partial charge on any atom is -0.370 e. The van der Waals surface area contributed by atoms with Crippen molar-refractivity contribution >= 4 is 16.6 Å². The Morgan fingerprint density at radius 3 is 3.11 bits per heavy atom. The number of benzene rings is 1. The lowest BCUT2D eigenvalue weighted by Crippen LogP contribution is -2.33. The normalized spacial score (nSPS) is 19.3. The summed E-state index contributed by atoms with van der Waals surface area (Å²) in [5, 5.41) is 4.34. The number of fused-ring (bicyclic) bond motifs is 1. The average Bonchev–Trinajstić information content (AvgIpc) is 2.90. The number of nitrogens with zero attached hydrogens (tertiary/aromatic N) is 2. The highest BCUT2D eigenvalue weighted by Crippen LogP contribution is 2.28. The molecule has 1 aromatic heterocycles. The van der Waals surface area contributed by atoms with Crippen molar-refractivity contribution in [2.45, 2.75) is 12.5 Å². The molecule has 1 fully saturated rings. The van der Waals surface area contributed by atoms with Gasteiger partial charge in [0.1, 0.15) is 5.82 Å². The van der Waals surface area contributed by atoms with Crippen molar-refractivity contribution in [3.8, 4) is 0 Å². The molecule has 1 saturated heterocycles. The number of anilines is 1. The third-order valence-corrected chi connectivity index (χ3v) is 3.63. The summed E-state index contributed by atoms with van der Waals surface area (Å²) in [6.45, 7) is 1.98. The Morgan fingerprint density at radius 1 is 1.44 bits per heavy atom. The van der Waals surface area contributed by atoms with E-state index >= 15 is 0 Å². The number of hydrogen-bond donors (Lipinski definition) is 1. The summed E-state index contributed by atoms with van der Waals surface area (Å²) in [5.41, 5.74) is 1.64. The Labute approximate surface area is 106 Å². The van der Waals surface area contributed by atoms with Crippen LogP contribution in [0.5, 0.6) is 0 Å². The van der Waals surface area contributed by atoms with Gasteiger partial charge < -0.3 is 10.2 Å². The van der Waals surface area contributed by atoms with Gasteiger partial charge in [-0.05, 0) is 31.2 Å². The highest BCUT2D eigenvalue weighted by atomic mass is 19.1. The van der Waals surface area contributed by atoms with E-state index in [1.165, 1.54) is 6.07 Å². The average molecular weight is 245 g/mol. The van der Waals surface area contributed by atoms with Gasteiger partial charge in [0.25, 0.3) is 0 Å². The fraction of sp³-hybridized carbons (Fsp3) is 0.357. The minimum absolute atomic E-state index is 0.228. The molecule has 0 unspecified atom stereocenters. The molecule has 0 radical (unpaired) electrons. The predicted molar refractivity (Wildman–Crippen MR) is 71.4 cm³/mol. The molecule has 1 atom stereocenters. The lowest BCUT2D eigenvalue weighted by molar-refractivity contribution is 0.625. The quantitative estimate of drug-likeness (QED) is 0.879. The molecule has 2 aromatic rings. The summed E-state index contributed by atoms with van der Waals surface area (Å²) in [6, 6.07) is 7.40. The zero-order chi connectivity index (χ0) is 12.5. The third-order valence-electron chi connectivity index (χ3n) is 3.63. The van der Waals surface area contributed by atoms with Crippen LogP contribution in [0.1, 0.15) is 6.42 Å². The molecule has 1 aliphatic rings. The second-order valence-electron chi connectivity index (χ2n) is 4.75. The Kier molecular flexibility index (Phi) is 2.88. The van der Waals surface area contributed by atoms with E-state index in [9.17, 15) is 4.39 Å². The molecule has 94 valence electrons. The molecule has 0 saturated carbocycles. The third kappa shape index (κ3) is 1.93. The first kappa shape index (κ1) is 11.4. The van der Waals surface area contributed by atoms with E-state index in [-0.39, 0.29) is 5.82 Å². The van der Waals surface area contributed by atoms with E-state index in [2.05, 4.69) is 15.2 Å². The monoisotopic (exact) mass is 245 g/mol. The van der Waals surface area contributed by atoms with Gasteiger partial charge in [0.05, 0.1) is 5.52 Å². The van der Waals surface area contributed by atoms with Crippen LogP contribution in [0, 0.1) is 5.82 Å². The Bertz CT molecular complexity index is 564. The number of halogens is 1. The van der Waals surface area contributed by atoms with E-state index in [4.69, 9.17) is 0 Å². The summed E-state index contributed by atoms with van der Waals surface area (Å²) < 4.78 is 13.7. The van der Waals surface area contributed by atoms with Gasteiger partial charge in [-0.2, -0.15) is 0 Å². The van der Waals surface area contributed by atoms with Gasteiger partial charge in [0, 0.05) is 43.0 Å². The smallest absolute Gasteiger partial charge is 0.127 e. The SMILES string of the molecule is CN(c1cc(F)cc2ncccc12)[C@H]1CCNC1. The van der Waals surface area contributed by atoms with Crippen LogP contribution in [0.2, 0.25) is 0 Å². The second-order valence-corrected chi connectivity index (χ2v) is 4.75. The van der Waals surface area contributed by atoms with Gasteiger partial charge in [-0.3, -0.25) is 4.98 Å². The van der Waals surface area contributed by atoms with Gasteiger partial charge in [0.15, 0.2) is 0 Å². The first-order valence-electron chi connectivity index (χ1n) is 6.23. The number of likely N-dealkylation sites (N-methyl/N-ethyl adjacent to an activating group) is 1.